The van der Waals surface area contributed by atoms with E-state index in [0.29, 0.717) is 56.0 Å². The summed E-state index contributed by atoms with van der Waals surface area (Å²) in [6, 6.07) is 12.3. The molecule has 0 aliphatic carbocycles. The molecule has 436 valence electrons. The summed E-state index contributed by atoms with van der Waals surface area (Å²) >= 11 is 10.9. The summed E-state index contributed by atoms with van der Waals surface area (Å²) in [5.74, 6) is -2.29. The first-order valence-electron chi connectivity index (χ1n) is 25.8. The topological polar surface area (TPSA) is 298 Å². The zero-order chi connectivity index (χ0) is 60.0. The van der Waals surface area contributed by atoms with Crippen molar-refractivity contribution in [3.63, 3.8) is 0 Å². The predicted molar refractivity (Wildman–Crippen MR) is 289 cm³/mol. The van der Waals surface area contributed by atoms with Gasteiger partial charge in [0.25, 0.3) is 0 Å². The number of likely N-dealkylation sites (N-methyl/N-ethyl adjacent to an activating group) is 2. The van der Waals surface area contributed by atoms with E-state index in [0.717, 1.165) is 71.0 Å². The van der Waals surface area contributed by atoms with Crippen LogP contribution in [0.15, 0.2) is 24.3 Å². The first kappa shape index (κ1) is 66.0. The van der Waals surface area contributed by atoms with Crippen molar-refractivity contribution in [1.29, 1.82) is 21.0 Å². The Kier molecular flexibility index (Phi) is 25.6. The third-order valence-electron chi connectivity index (χ3n) is 12.0. The van der Waals surface area contributed by atoms with Gasteiger partial charge in [-0.3, -0.25) is 9.80 Å². The first-order chi connectivity index (χ1) is 38.2. The number of likely N-dealkylation sites (tertiary alicyclic amines) is 2. The highest BCUT2D eigenvalue weighted by Gasteiger charge is 2.31. The zero-order valence-corrected chi connectivity index (χ0v) is 48.5. The van der Waals surface area contributed by atoms with Gasteiger partial charge in [-0.05, 0) is 108 Å². The van der Waals surface area contributed by atoms with Crippen molar-refractivity contribution >= 4 is 41.2 Å². The number of nitrogens with zero attached hydrogens (tertiary/aromatic N) is 17. The van der Waals surface area contributed by atoms with Crippen molar-refractivity contribution in [2.75, 3.05) is 84.4 Å². The average Bonchev–Trinajstić information content (AvgIpc) is 4.06. The summed E-state index contributed by atoms with van der Waals surface area (Å²) in [5.41, 5.74) is -0.902. The van der Waals surface area contributed by atoms with Crippen LogP contribution < -0.4 is 19.7 Å². The van der Waals surface area contributed by atoms with Crippen LogP contribution in [-0.4, -0.2) is 187 Å². The Morgan fingerprint density at radius 1 is 0.568 bits per heavy atom. The normalized spacial score (nSPS) is 17.8. The molecule has 4 fully saturated rings. The number of piperazine rings is 2. The smallest absolute Gasteiger partial charge is 0.410 e. The van der Waals surface area contributed by atoms with E-state index in [1.165, 1.54) is 12.1 Å². The SMILES string of the molecule is CC(C)(C)OC(=O)N1CCNCC1.C[C@H](Oc1cc(F)nc(C#N)n1)[C@@H]1CCCN1C.C[C@H](Oc1cc(N2CCN(C(=O)OC(C)(C)C)CC2)nc(C#N)n1)[C@@H]1CCCN1C.N#Cc1nc(Cl)cc(Cl)n1.N#Cc1nc(F)cc(F)n1. The van der Waals surface area contributed by atoms with Gasteiger partial charge in [0, 0.05) is 82.6 Å². The van der Waals surface area contributed by atoms with E-state index in [4.69, 9.17) is 57.9 Å². The lowest BCUT2D eigenvalue weighted by molar-refractivity contribution is 0.0223. The van der Waals surface area contributed by atoms with Crippen LogP contribution in [0.2, 0.25) is 10.3 Å². The molecule has 4 saturated heterocycles. The van der Waals surface area contributed by atoms with Crippen molar-refractivity contribution in [3.8, 4) is 36.0 Å². The van der Waals surface area contributed by atoms with E-state index in [9.17, 15) is 28.0 Å². The number of amides is 2. The molecule has 4 aliphatic rings. The summed E-state index contributed by atoms with van der Waals surface area (Å²) < 4.78 is 59.7. The van der Waals surface area contributed by atoms with Gasteiger partial charge in [0.05, 0.1) is 6.07 Å². The fourth-order valence-electron chi connectivity index (χ4n) is 8.29. The maximum atomic E-state index is 13.1. The number of aromatic nitrogens is 8. The van der Waals surface area contributed by atoms with Gasteiger partial charge in [0.2, 0.25) is 52.9 Å². The second-order valence-electron chi connectivity index (χ2n) is 20.6. The molecule has 0 bridgehead atoms. The molecule has 2 amide bonds. The largest absolute Gasteiger partial charge is 0.473 e. The van der Waals surface area contributed by atoms with Crippen molar-refractivity contribution in [2.45, 2.75) is 117 Å². The van der Waals surface area contributed by atoms with Gasteiger partial charge in [-0.2, -0.15) is 59.1 Å². The molecule has 0 aromatic carbocycles. The van der Waals surface area contributed by atoms with Crippen LogP contribution in [0, 0.1) is 63.2 Å². The number of anilines is 1. The molecule has 8 rings (SSSR count). The number of nitrogens with one attached hydrogen (secondary N) is 1. The molecule has 4 aromatic heterocycles. The molecule has 0 radical (unpaired) electrons. The first-order valence-corrected chi connectivity index (χ1v) is 26.5. The van der Waals surface area contributed by atoms with Gasteiger partial charge in [0.15, 0.2) is 0 Å². The van der Waals surface area contributed by atoms with E-state index in [-0.39, 0.29) is 63.7 Å². The van der Waals surface area contributed by atoms with Crippen LogP contribution in [0.1, 0.15) is 104 Å². The summed E-state index contributed by atoms with van der Waals surface area (Å²) in [4.78, 5) is 62.6. The Morgan fingerprint density at radius 3 is 1.36 bits per heavy atom. The quantitative estimate of drug-likeness (QED) is 0.188. The Bertz CT molecular complexity index is 2800. The van der Waals surface area contributed by atoms with Gasteiger partial charge < -0.3 is 39.0 Å². The lowest BCUT2D eigenvalue weighted by Crippen LogP contribution is -2.50. The lowest BCUT2D eigenvalue weighted by Gasteiger charge is -2.36. The number of carbonyl (C=O) groups is 2. The Balaban J connectivity index is 0.000000236. The van der Waals surface area contributed by atoms with Gasteiger partial charge in [-0.25, -0.2) is 24.5 Å². The molecule has 24 nitrogen and oxygen atoms in total. The lowest BCUT2D eigenvalue weighted by atomic mass is 10.1. The van der Waals surface area contributed by atoms with Crippen LogP contribution >= 0.6 is 23.2 Å². The summed E-state index contributed by atoms with van der Waals surface area (Å²) in [5, 5.41) is 37.9. The van der Waals surface area contributed by atoms with E-state index in [1.54, 1.807) is 28.0 Å². The van der Waals surface area contributed by atoms with Gasteiger partial charge in [-0.1, -0.05) is 23.2 Å². The average molecular weight is 1170 g/mol. The third-order valence-corrected chi connectivity index (χ3v) is 12.3. The Labute approximate surface area is 479 Å². The second kappa shape index (κ2) is 31.5. The van der Waals surface area contributed by atoms with E-state index in [2.05, 4.69) is 62.0 Å². The molecular formula is C52H67Cl2F3N18O6. The van der Waals surface area contributed by atoms with Crippen LogP contribution in [0.3, 0.4) is 0 Å². The zero-order valence-electron chi connectivity index (χ0n) is 47.0. The molecule has 81 heavy (non-hydrogen) atoms. The minimum atomic E-state index is -1.04. The molecule has 1 N–H and O–H groups in total. The molecular weight excluding hydrogens is 1100 g/mol. The van der Waals surface area contributed by atoms with Crippen LogP contribution in [0.4, 0.5) is 28.6 Å². The molecule has 4 atom stereocenters. The number of hydrogen-bond acceptors (Lipinski definition) is 22. The molecule has 4 aliphatic heterocycles. The van der Waals surface area contributed by atoms with Crippen molar-refractivity contribution in [1.82, 2.24) is 64.8 Å². The molecule has 29 heteroatoms. The highest BCUT2D eigenvalue weighted by molar-refractivity contribution is 6.33. The van der Waals surface area contributed by atoms with Crippen LogP contribution in [-0.2, 0) is 9.47 Å². The second-order valence-corrected chi connectivity index (χ2v) is 21.3. The van der Waals surface area contributed by atoms with Gasteiger partial charge in [0.1, 0.15) is 63.8 Å². The predicted octanol–water partition coefficient (Wildman–Crippen LogP) is 6.72. The van der Waals surface area contributed by atoms with E-state index in [1.807, 2.05) is 73.4 Å². The molecule has 8 heterocycles. The molecule has 0 unspecified atom stereocenters. The van der Waals surface area contributed by atoms with Gasteiger partial charge in [-0.15, -0.1) is 0 Å². The Hall–Kier alpha value is -7.53. The summed E-state index contributed by atoms with van der Waals surface area (Å²) in [7, 11) is 4.15. The van der Waals surface area contributed by atoms with E-state index < -0.39 is 29.3 Å². The van der Waals surface area contributed by atoms with Crippen molar-refractivity contribution < 1.29 is 41.7 Å². The maximum absolute atomic E-state index is 13.1. The summed E-state index contributed by atoms with van der Waals surface area (Å²) in [6.07, 6.45) is 3.80. The Morgan fingerprint density at radius 2 is 0.951 bits per heavy atom. The van der Waals surface area contributed by atoms with Crippen molar-refractivity contribution in [3.05, 3.63) is 75.7 Å². The fraction of sp³-hybridized carbons (Fsp3) is 0.577. The number of hydrogen-bond donors (Lipinski definition) is 1. The number of halogens is 5. The minimum Gasteiger partial charge on any atom is -0.473 e. The third kappa shape index (κ3) is 23.2. The fourth-order valence-corrected chi connectivity index (χ4v) is 8.71. The molecule has 4 aromatic rings. The van der Waals surface area contributed by atoms with E-state index >= 15 is 0 Å². The minimum absolute atomic E-state index is 0.0162. The highest BCUT2D eigenvalue weighted by Crippen LogP contribution is 2.26. The number of ether oxygens (including phenoxy) is 4. The standard InChI is InChI=1S/C21H32N6O3.C12H15FN4O.C9H18N2O2.C5HCl2N3.C5HF2N3/c1-15(16-7-6-8-25(16)5)29-19-13-18(23-17(14-22)24-19)26-9-11-27(12-10-26)20(28)30-21(2,3)4;1-8(9-4-3-5-17(9)2)18-12-6-10(13)15-11(7-14)16-12;1-9(2,3)13-8(12)11-6-4-10-5-7-11;2*6-3-1-4(7)10-5(2-8)9-3/h13,15-16H,6-12H2,1-5H3;6,8-9H,3-5H2,1-2H3;10H,4-7H2,1-3H3;2*1H/t15-,16-;8-,9-;;;/m00.../s1. The monoisotopic (exact) mass is 1170 g/mol. The highest BCUT2D eigenvalue weighted by atomic mass is 35.5. The number of nitriles is 4. The number of carbonyl (C=O) groups excluding carboxylic acids is 2. The number of rotatable bonds is 7. The van der Waals surface area contributed by atoms with Gasteiger partial charge >= 0.3 is 12.2 Å². The van der Waals surface area contributed by atoms with Crippen LogP contribution in [0.25, 0.3) is 0 Å². The summed E-state index contributed by atoms with van der Waals surface area (Å²) in [6.45, 7) is 22.8. The molecule has 0 saturated carbocycles. The molecule has 0 spiro atoms. The van der Waals surface area contributed by atoms with Crippen molar-refractivity contribution in [2.24, 2.45) is 0 Å². The maximum Gasteiger partial charge on any atom is 0.410 e. The van der Waals surface area contributed by atoms with Crippen LogP contribution in [0.5, 0.6) is 11.8 Å².